The summed E-state index contributed by atoms with van der Waals surface area (Å²) in [6, 6.07) is 2.12. The van der Waals surface area contributed by atoms with Crippen LogP contribution in [0.5, 0.6) is 6.01 Å². The van der Waals surface area contributed by atoms with Crippen LogP contribution < -0.4 is 4.74 Å². The van der Waals surface area contributed by atoms with Gasteiger partial charge in [0.2, 0.25) is 11.8 Å². The summed E-state index contributed by atoms with van der Waals surface area (Å²) in [5.41, 5.74) is 0. The lowest BCUT2D eigenvalue weighted by Gasteiger charge is -2.34. The Balaban J connectivity index is 1.17. The average Bonchev–Trinajstić information content (AvgIpc) is 3.37. The Kier molecular flexibility index (Phi) is 6.62. The predicted octanol–water partition coefficient (Wildman–Crippen LogP) is 2.52. The van der Waals surface area contributed by atoms with Gasteiger partial charge in [-0.25, -0.2) is 9.97 Å². The fraction of sp³-hybridized carbons (Fsp3) is 0.727. The minimum absolute atomic E-state index is 0.194. The number of hydrogen-bond acceptors (Lipinski definition) is 5. The van der Waals surface area contributed by atoms with Crippen LogP contribution in [0.1, 0.15) is 51.4 Å². The average molecular weight is 401 g/mol. The third-order valence-corrected chi connectivity index (χ3v) is 6.67. The second kappa shape index (κ2) is 9.55. The zero-order valence-electron chi connectivity index (χ0n) is 17.2. The maximum absolute atomic E-state index is 12.5. The second-order valence-electron chi connectivity index (χ2n) is 8.89. The monoisotopic (exact) mass is 400 g/mol. The summed E-state index contributed by atoms with van der Waals surface area (Å²) in [6.07, 6.45) is 11.6. The largest absolute Gasteiger partial charge is 0.463 e. The van der Waals surface area contributed by atoms with Crippen molar-refractivity contribution in [2.24, 2.45) is 17.8 Å². The van der Waals surface area contributed by atoms with Crippen LogP contribution in [-0.2, 0) is 9.59 Å². The molecule has 1 aliphatic carbocycles. The Labute approximate surface area is 172 Å². The smallest absolute Gasteiger partial charge is 0.316 e. The summed E-state index contributed by atoms with van der Waals surface area (Å²) >= 11 is 0. The second-order valence-corrected chi connectivity index (χ2v) is 8.89. The van der Waals surface area contributed by atoms with Crippen molar-refractivity contribution in [3.05, 3.63) is 18.5 Å². The van der Waals surface area contributed by atoms with Gasteiger partial charge >= 0.3 is 6.01 Å². The fourth-order valence-electron chi connectivity index (χ4n) is 4.96. The van der Waals surface area contributed by atoms with Crippen molar-refractivity contribution < 1.29 is 14.3 Å². The van der Waals surface area contributed by atoms with Crippen molar-refractivity contribution in [2.75, 3.05) is 32.8 Å². The minimum atomic E-state index is 0.194. The molecular formula is C22H32N4O3. The Morgan fingerprint density at radius 2 is 1.76 bits per heavy atom. The van der Waals surface area contributed by atoms with Crippen LogP contribution in [0, 0.1) is 17.8 Å². The fourth-order valence-corrected chi connectivity index (χ4v) is 4.96. The van der Waals surface area contributed by atoms with E-state index in [4.69, 9.17) is 4.74 Å². The molecule has 0 N–H and O–H groups in total. The number of amides is 2. The highest BCUT2D eigenvalue weighted by molar-refractivity contribution is 5.78. The molecule has 0 aromatic carbocycles. The number of aromatic nitrogens is 2. The standard InChI is InChI=1S/C22H32N4O3/c27-20(12-17-4-1-2-5-17)25-10-6-18(7-11-25)14-26-15-19(13-21(26)28)16-29-22-23-8-3-9-24-22/h3,8-9,17-19H,1-2,4-7,10-16H2. The molecule has 1 unspecified atom stereocenters. The molecule has 29 heavy (non-hydrogen) atoms. The van der Waals surface area contributed by atoms with Gasteiger partial charge in [-0.15, -0.1) is 0 Å². The van der Waals surface area contributed by atoms with Crippen molar-refractivity contribution in [3.63, 3.8) is 0 Å². The van der Waals surface area contributed by atoms with E-state index in [-0.39, 0.29) is 11.8 Å². The number of carbonyl (C=O) groups is 2. The van der Waals surface area contributed by atoms with E-state index in [1.54, 1.807) is 18.5 Å². The first kappa shape index (κ1) is 20.1. The third kappa shape index (κ3) is 5.46. The molecule has 2 saturated heterocycles. The summed E-state index contributed by atoms with van der Waals surface area (Å²) in [5.74, 6) is 1.86. The molecule has 1 saturated carbocycles. The van der Waals surface area contributed by atoms with Crippen molar-refractivity contribution in [2.45, 2.75) is 51.4 Å². The number of nitrogens with zero attached hydrogens (tertiary/aromatic N) is 4. The molecule has 158 valence electrons. The van der Waals surface area contributed by atoms with Crippen LogP contribution in [0.4, 0.5) is 0 Å². The molecule has 1 aromatic rings. The quantitative estimate of drug-likeness (QED) is 0.703. The first-order valence-corrected chi connectivity index (χ1v) is 11.1. The zero-order chi connectivity index (χ0) is 20.1. The van der Waals surface area contributed by atoms with E-state index < -0.39 is 0 Å². The first-order valence-electron chi connectivity index (χ1n) is 11.1. The number of likely N-dealkylation sites (tertiary alicyclic amines) is 2. The molecule has 1 atom stereocenters. The van der Waals surface area contributed by atoms with Gasteiger partial charge in [0, 0.05) is 57.3 Å². The zero-order valence-corrected chi connectivity index (χ0v) is 17.2. The molecular weight excluding hydrogens is 368 g/mol. The van der Waals surface area contributed by atoms with Gasteiger partial charge in [0.25, 0.3) is 0 Å². The summed E-state index contributed by atoms with van der Waals surface area (Å²) < 4.78 is 5.63. The van der Waals surface area contributed by atoms with Crippen molar-refractivity contribution >= 4 is 11.8 Å². The molecule has 3 aliphatic rings. The van der Waals surface area contributed by atoms with Gasteiger partial charge in [0.15, 0.2) is 0 Å². The number of piperidine rings is 1. The molecule has 1 aromatic heterocycles. The lowest BCUT2D eigenvalue weighted by molar-refractivity contribution is -0.134. The van der Waals surface area contributed by atoms with Crippen molar-refractivity contribution in [1.29, 1.82) is 0 Å². The number of hydrogen-bond donors (Lipinski definition) is 0. The van der Waals surface area contributed by atoms with E-state index in [1.807, 2.05) is 4.90 Å². The third-order valence-electron chi connectivity index (χ3n) is 6.67. The molecule has 2 aliphatic heterocycles. The molecule has 0 spiro atoms. The van der Waals surface area contributed by atoms with Gasteiger partial charge in [-0.3, -0.25) is 9.59 Å². The van der Waals surface area contributed by atoms with E-state index in [0.29, 0.717) is 36.8 Å². The molecule has 4 rings (SSSR count). The molecule has 7 nitrogen and oxygen atoms in total. The number of rotatable bonds is 7. The SMILES string of the molecule is O=C(CC1CCCC1)N1CCC(CN2CC(COc3ncccn3)CC2=O)CC1. The summed E-state index contributed by atoms with van der Waals surface area (Å²) in [4.78, 5) is 37.1. The van der Waals surface area contributed by atoms with Gasteiger partial charge in [0.05, 0.1) is 6.61 Å². The Morgan fingerprint density at radius 3 is 2.48 bits per heavy atom. The maximum Gasteiger partial charge on any atom is 0.316 e. The molecule has 3 heterocycles. The molecule has 7 heteroatoms. The molecule has 3 fully saturated rings. The van der Waals surface area contributed by atoms with Crippen LogP contribution in [0.15, 0.2) is 18.5 Å². The van der Waals surface area contributed by atoms with Gasteiger partial charge in [-0.05, 0) is 43.6 Å². The van der Waals surface area contributed by atoms with Crippen LogP contribution in [0.2, 0.25) is 0 Å². The Hall–Kier alpha value is -2.18. The van der Waals surface area contributed by atoms with Gasteiger partial charge < -0.3 is 14.5 Å². The van der Waals surface area contributed by atoms with E-state index in [9.17, 15) is 9.59 Å². The van der Waals surface area contributed by atoms with Crippen LogP contribution >= 0.6 is 0 Å². The molecule has 2 amide bonds. The highest BCUT2D eigenvalue weighted by Gasteiger charge is 2.33. The molecule has 0 bridgehead atoms. The number of carbonyl (C=O) groups excluding carboxylic acids is 2. The lowest BCUT2D eigenvalue weighted by Crippen LogP contribution is -2.42. The van der Waals surface area contributed by atoms with E-state index in [1.165, 1.54) is 25.7 Å². The predicted molar refractivity (Wildman–Crippen MR) is 108 cm³/mol. The topological polar surface area (TPSA) is 75.6 Å². The Bertz CT molecular complexity index is 685. The van der Waals surface area contributed by atoms with Crippen molar-refractivity contribution in [1.82, 2.24) is 19.8 Å². The van der Waals surface area contributed by atoms with E-state index in [2.05, 4.69) is 14.9 Å². The van der Waals surface area contributed by atoms with Gasteiger partial charge in [0.1, 0.15) is 0 Å². The lowest BCUT2D eigenvalue weighted by atomic mass is 9.95. The van der Waals surface area contributed by atoms with Crippen LogP contribution in [0.3, 0.4) is 0 Å². The summed E-state index contributed by atoms with van der Waals surface area (Å²) in [6.45, 7) is 3.71. The van der Waals surface area contributed by atoms with Crippen LogP contribution in [0.25, 0.3) is 0 Å². The van der Waals surface area contributed by atoms with E-state index >= 15 is 0 Å². The van der Waals surface area contributed by atoms with E-state index in [0.717, 1.165) is 45.4 Å². The first-order chi connectivity index (χ1) is 14.2. The van der Waals surface area contributed by atoms with Crippen molar-refractivity contribution in [3.8, 4) is 6.01 Å². The normalized spacial score (nSPS) is 23.7. The number of ether oxygens (including phenoxy) is 1. The summed E-state index contributed by atoms with van der Waals surface area (Å²) in [5, 5.41) is 0. The maximum atomic E-state index is 12.5. The highest BCUT2D eigenvalue weighted by atomic mass is 16.5. The highest BCUT2D eigenvalue weighted by Crippen LogP contribution is 2.29. The Morgan fingerprint density at radius 1 is 1.03 bits per heavy atom. The summed E-state index contributed by atoms with van der Waals surface area (Å²) in [7, 11) is 0. The molecule has 0 radical (unpaired) electrons. The van der Waals surface area contributed by atoms with Crippen LogP contribution in [-0.4, -0.2) is 64.4 Å². The minimum Gasteiger partial charge on any atom is -0.463 e. The van der Waals surface area contributed by atoms with Gasteiger partial charge in [-0.2, -0.15) is 0 Å². The van der Waals surface area contributed by atoms with Gasteiger partial charge in [-0.1, -0.05) is 12.8 Å².